The van der Waals surface area contributed by atoms with E-state index in [9.17, 15) is 4.79 Å². The van der Waals surface area contributed by atoms with Crippen molar-refractivity contribution < 1.29 is 14.3 Å². The molecule has 0 spiro atoms. The van der Waals surface area contributed by atoms with Crippen LogP contribution in [0.15, 0.2) is 60.7 Å². The van der Waals surface area contributed by atoms with E-state index in [-0.39, 0.29) is 5.91 Å². The fraction of sp³-hybridized carbons (Fsp3) is 0.240. The highest BCUT2D eigenvalue weighted by Gasteiger charge is 2.13. The molecule has 3 aromatic carbocycles. The minimum atomic E-state index is -0.154. The maximum absolute atomic E-state index is 12.8. The highest BCUT2D eigenvalue weighted by atomic mass is 16.5. The summed E-state index contributed by atoms with van der Waals surface area (Å²) in [6, 6.07) is 19.3. The third-order valence-electron chi connectivity index (χ3n) is 4.74. The number of anilines is 1. The molecular formula is C25H27NO3. The van der Waals surface area contributed by atoms with Crippen LogP contribution in [0.2, 0.25) is 0 Å². The minimum Gasteiger partial charge on any atom is -0.493 e. The van der Waals surface area contributed by atoms with Gasteiger partial charge in [0, 0.05) is 16.8 Å². The minimum absolute atomic E-state index is 0.154. The fourth-order valence-electron chi connectivity index (χ4n) is 3.07. The molecule has 0 aliphatic heterocycles. The molecule has 0 heterocycles. The second-order valence-electron chi connectivity index (χ2n) is 7.08. The molecule has 0 unspecified atom stereocenters. The molecule has 0 bridgehead atoms. The van der Waals surface area contributed by atoms with Crippen LogP contribution in [-0.2, 0) is 6.61 Å². The van der Waals surface area contributed by atoms with E-state index in [1.165, 1.54) is 0 Å². The van der Waals surface area contributed by atoms with Gasteiger partial charge in [-0.25, -0.2) is 0 Å². The van der Waals surface area contributed by atoms with Crippen LogP contribution in [-0.4, -0.2) is 12.5 Å². The predicted molar refractivity (Wildman–Crippen MR) is 117 cm³/mol. The lowest BCUT2D eigenvalue weighted by molar-refractivity contribution is 0.102. The van der Waals surface area contributed by atoms with Gasteiger partial charge in [0.15, 0.2) is 0 Å². The van der Waals surface area contributed by atoms with E-state index in [0.717, 1.165) is 39.4 Å². The van der Waals surface area contributed by atoms with E-state index in [0.29, 0.717) is 18.8 Å². The van der Waals surface area contributed by atoms with Crippen LogP contribution in [0, 0.1) is 20.8 Å². The quantitative estimate of drug-likeness (QED) is 0.552. The highest BCUT2D eigenvalue weighted by Crippen LogP contribution is 2.25. The lowest BCUT2D eigenvalue weighted by Gasteiger charge is -2.15. The summed E-state index contributed by atoms with van der Waals surface area (Å²) in [5, 5.41) is 3.01. The van der Waals surface area contributed by atoms with Crippen LogP contribution in [0.25, 0.3) is 0 Å². The van der Waals surface area contributed by atoms with Crippen molar-refractivity contribution in [3.05, 3.63) is 88.5 Å². The van der Waals surface area contributed by atoms with Crippen LogP contribution in [0.3, 0.4) is 0 Å². The van der Waals surface area contributed by atoms with E-state index in [2.05, 4.69) is 5.32 Å². The lowest BCUT2D eigenvalue weighted by Crippen LogP contribution is -2.14. The Balaban J connectivity index is 1.82. The van der Waals surface area contributed by atoms with Gasteiger partial charge in [0.1, 0.15) is 18.1 Å². The summed E-state index contributed by atoms with van der Waals surface area (Å²) >= 11 is 0. The Labute approximate surface area is 172 Å². The molecule has 0 aliphatic carbocycles. The molecule has 29 heavy (non-hydrogen) atoms. The van der Waals surface area contributed by atoms with Crippen LogP contribution in [0.1, 0.15) is 39.5 Å². The zero-order valence-electron chi connectivity index (χ0n) is 17.4. The highest BCUT2D eigenvalue weighted by molar-refractivity contribution is 6.04. The zero-order chi connectivity index (χ0) is 20.8. The second kappa shape index (κ2) is 9.28. The third-order valence-corrected chi connectivity index (χ3v) is 4.74. The Kier molecular flexibility index (Phi) is 6.55. The van der Waals surface area contributed by atoms with E-state index >= 15 is 0 Å². The number of hydrogen-bond acceptors (Lipinski definition) is 3. The van der Waals surface area contributed by atoms with Gasteiger partial charge in [0.25, 0.3) is 5.91 Å². The first kappa shape index (κ1) is 20.5. The Bertz CT molecular complexity index is 1010. The van der Waals surface area contributed by atoms with Gasteiger partial charge in [0.2, 0.25) is 0 Å². The van der Waals surface area contributed by atoms with Gasteiger partial charge in [-0.1, -0.05) is 30.3 Å². The van der Waals surface area contributed by atoms with E-state index in [1.807, 2.05) is 82.3 Å². The monoisotopic (exact) mass is 389 g/mol. The van der Waals surface area contributed by atoms with Gasteiger partial charge in [-0.15, -0.1) is 0 Å². The predicted octanol–water partition coefficient (Wildman–Crippen LogP) is 5.84. The first-order valence-corrected chi connectivity index (χ1v) is 9.80. The smallest absolute Gasteiger partial charge is 0.255 e. The number of hydrogen-bond donors (Lipinski definition) is 1. The first-order chi connectivity index (χ1) is 14.0. The van der Waals surface area contributed by atoms with Crippen molar-refractivity contribution in [2.75, 3.05) is 11.9 Å². The SMILES string of the molecule is CCOc1ccc(C(=O)Nc2cc(C)ccc2C)cc1COc1ccccc1C. The molecule has 150 valence electrons. The van der Waals surface area contributed by atoms with Crippen LogP contribution in [0.5, 0.6) is 11.5 Å². The molecule has 0 saturated heterocycles. The van der Waals surface area contributed by atoms with Crippen LogP contribution in [0.4, 0.5) is 5.69 Å². The Morgan fingerprint density at radius 1 is 0.862 bits per heavy atom. The Morgan fingerprint density at radius 3 is 2.41 bits per heavy atom. The number of aryl methyl sites for hydroxylation is 3. The van der Waals surface area contributed by atoms with Gasteiger partial charge in [-0.05, 0) is 74.7 Å². The van der Waals surface area contributed by atoms with Gasteiger partial charge in [-0.3, -0.25) is 4.79 Å². The molecule has 0 atom stereocenters. The number of carbonyl (C=O) groups is 1. The fourth-order valence-corrected chi connectivity index (χ4v) is 3.07. The zero-order valence-corrected chi connectivity index (χ0v) is 17.4. The molecule has 0 fully saturated rings. The summed E-state index contributed by atoms with van der Waals surface area (Å²) in [6.07, 6.45) is 0. The van der Waals surface area contributed by atoms with Crippen molar-refractivity contribution >= 4 is 11.6 Å². The molecule has 1 N–H and O–H groups in total. The summed E-state index contributed by atoms with van der Waals surface area (Å²) < 4.78 is 11.7. The molecule has 3 rings (SSSR count). The molecule has 1 amide bonds. The maximum atomic E-state index is 12.8. The lowest BCUT2D eigenvalue weighted by atomic mass is 10.1. The number of rotatable bonds is 7. The van der Waals surface area contributed by atoms with Crippen LogP contribution < -0.4 is 14.8 Å². The van der Waals surface area contributed by atoms with Crippen molar-refractivity contribution in [2.24, 2.45) is 0 Å². The van der Waals surface area contributed by atoms with Crippen molar-refractivity contribution in [1.29, 1.82) is 0 Å². The summed E-state index contributed by atoms with van der Waals surface area (Å²) in [4.78, 5) is 12.8. The first-order valence-electron chi connectivity index (χ1n) is 9.80. The molecule has 3 aromatic rings. The molecule has 4 heteroatoms. The normalized spacial score (nSPS) is 10.5. The van der Waals surface area contributed by atoms with Crippen molar-refractivity contribution in [1.82, 2.24) is 0 Å². The van der Waals surface area contributed by atoms with E-state index in [4.69, 9.17) is 9.47 Å². The topological polar surface area (TPSA) is 47.6 Å². The molecule has 4 nitrogen and oxygen atoms in total. The third kappa shape index (κ3) is 5.17. The number of nitrogens with one attached hydrogen (secondary N) is 1. The van der Waals surface area contributed by atoms with Gasteiger partial charge >= 0.3 is 0 Å². The second-order valence-corrected chi connectivity index (χ2v) is 7.08. The Hall–Kier alpha value is -3.27. The summed E-state index contributed by atoms with van der Waals surface area (Å²) in [5.74, 6) is 1.39. The Morgan fingerprint density at radius 2 is 1.66 bits per heavy atom. The van der Waals surface area contributed by atoms with Gasteiger partial charge in [-0.2, -0.15) is 0 Å². The maximum Gasteiger partial charge on any atom is 0.255 e. The average molecular weight is 389 g/mol. The molecular weight excluding hydrogens is 362 g/mol. The van der Waals surface area contributed by atoms with E-state index in [1.54, 1.807) is 6.07 Å². The van der Waals surface area contributed by atoms with Crippen LogP contribution >= 0.6 is 0 Å². The number of para-hydroxylation sites is 1. The molecule has 0 aliphatic rings. The number of benzene rings is 3. The number of carbonyl (C=O) groups excluding carboxylic acids is 1. The summed E-state index contributed by atoms with van der Waals surface area (Å²) in [7, 11) is 0. The number of ether oxygens (including phenoxy) is 2. The molecule has 0 radical (unpaired) electrons. The van der Waals surface area contributed by atoms with Crippen molar-refractivity contribution in [3.8, 4) is 11.5 Å². The van der Waals surface area contributed by atoms with Crippen molar-refractivity contribution in [2.45, 2.75) is 34.3 Å². The molecule has 0 aromatic heterocycles. The summed E-state index contributed by atoms with van der Waals surface area (Å²) in [5.41, 5.74) is 5.42. The standard InChI is InChI=1S/C25H27NO3/c1-5-28-24-13-12-20(25(27)26-22-14-17(2)10-11-18(22)3)15-21(24)16-29-23-9-7-6-8-19(23)4/h6-15H,5,16H2,1-4H3,(H,26,27). The number of amides is 1. The van der Waals surface area contributed by atoms with E-state index < -0.39 is 0 Å². The largest absolute Gasteiger partial charge is 0.493 e. The summed E-state index contributed by atoms with van der Waals surface area (Å²) in [6.45, 7) is 8.80. The average Bonchev–Trinajstić information content (AvgIpc) is 2.71. The van der Waals surface area contributed by atoms with Gasteiger partial charge < -0.3 is 14.8 Å². The van der Waals surface area contributed by atoms with Crippen molar-refractivity contribution in [3.63, 3.8) is 0 Å². The van der Waals surface area contributed by atoms with Gasteiger partial charge in [0.05, 0.1) is 6.61 Å². The molecule has 0 saturated carbocycles.